The van der Waals surface area contributed by atoms with Crippen LogP contribution in [0.5, 0.6) is 5.75 Å². The zero-order chi connectivity index (χ0) is 20.1. The molecule has 1 fully saturated rings. The lowest BCUT2D eigenvalue weighted by Crippen LogP contribution is -2.51. The van der Waals surface area contributed by atoms with Crippen LogP contribution in [0.3, 0.4) is 0 Å². The van der Waals surface area contributed by atoms with Crippen molar-refractivity contribution in [3.05, 3.63) is 65.5 Å². The van der Waals surface area contributed by atoms with Crippen molar-refractivity contribution in [2.45, 2.75) is 13.3 Å². The lowest BCUT2D eigenvalue weighted by molar-refractivity contribution is -0.136. The molecule has 0 radical (unpaired) electrons. The highest BCUT2D eigenvalue weighted by molar-refractivity contribution is 5.94. The second-order valence-corrected chi connectivity index (χ2v) is 7.08. The van der Waals surface area contributed by atoms with E-state index in [1.165, 1.54) is 12.1 Å². The number of benzene rings is 2. The van der Waals surface area contributed by atoms with Gasteiger partial charge in [0.05, 0.1) is 7.11 Å². The van der Waals surface area contributed by atoms with Gasteiger partial charge in [-0.05, 0) is 42.3 Å². The van der Waals surface area contributed by atoms with Crippen LogP contribution in [0.25, 0.3) is 0 Å². The van der Waals surface area contributed by atoms with Gasteiger partial charge >= 0.3 is 0 Å². The molecule has 3 rings (SSSR count). The fourth-order valence-electron chi connectivity index (χ4n) is 3.44. The first-order valence-electron chi connectivity index (χ1n) is 9.44. The van der Waals surface area contributed by atoms with Crippen LogP contribution in [0.2, 0.25) is 0 Å². The van der Waals surface area contributed by atoms with Crippen LogP contribution in [-0.4, -0.2) is 54.9 Å². The third-order valence-electron chi connectivity index (χ3n) is 5.07. The summed E-state index contributed by atoms with van der Waals surface area (Å²) >= 11 is 0. The Hall–Kier alpha value is -2.89. The molecule has 1 atom stereocenters. The highest BCUT2D eigenvalue weighted by Crippen LogP contribution is 2.17. The van der Waals surface area contributed by atoms with Crippen molar-refractivity contribution >= 4 is 11.8 Å². The maximum Gasteiger partial charge on any atom is 0.254 e. The summed E-state index contributed by atoms with van der Waals surface area (Å²) in [4.78, 5) is 29.0. The Balaban J connectivity index is 1.54. The maximum atomic E-state index is 13.0. The molecular weight excluding hydrogens is 359 g/mol. The molecule has 0 spiro atoms. The third kappa shape index (κ3) is 4.68. The first-order chi connectivity index (χ1) is 13.5. The van der Waals surface area contributed by atoms with Crippen molar-refractivity contribution in [1.82, 2.24) is 9.80 Å². The number of halogens is 1. The molecule has 6 heteroatoms. The van der Waals surface area contributed by atoms with Gasteiger partial charge in [0, 0.05) is 37.7 Å². The first-order valence-corrected chi connectivity index (χ1v) is 9.44. The van der Waals surface area contributed by atoms with Crippen LogP contribution in [0.4, 0.5) is 4.39 Å². The van der Waals surface area contributed by atoms with E-state index in [4.69, 9.17) is 4.74 Å². The zero-order valence-corrected chi connectivity index (χ0v) is 16.2. The summed E-state index contributed by atoms with van der Waals surface area (Å²) in [5.41, 5.74) is 1.53. The number of methoxy groups -OCH3 is 1. The Morgan fingerprint density at radius 2 is 1.68 bits per heavy atom. The molecule has 148 valence electrons. The Bertz CT molecular complexity index is 830. The van der Waals surface area contributed by atoms with Gasteiger partial charge in [0.1, 0.15) is 11.6 Å². The SMILES string of the molecule is COc1cccc(C(=O)N2CCN(C(=O)C(C)Cc3ccc(F)cc3)CC2)c1. The van der Waals surface area contributed by atoms with Crippen LogP contribution in [0, 0.1) is 11.7 Å². The van der Waals surface area contributed by atoms with Crippen molar-refractivity contribution < 1.29 is 18.7 Å². The predicted octanol–water partition coefficient (Wildman–Crippen LogP) is 3.00. The summed E-state index contributed by atoms with van der Waals surface area (Å²) < 4.78 is 18.2. The van der Waals surface area contributed by atoms with Gasteiger partial charge in [-0.3, -0.25) is 9.59 Å². The van der Waals surface area contributed by atoms with Crippen molar-refractivity contribution in [3.63, 3.8) is 0 Å². The summed E-state index contributed by atoms with van der Waals surface area (Å²) in [5, 5.41) is 0. The van der Waals surface area contributed by atoms with Gasteiger partial charge in [-0.2, -0.15) is 0 Å². The van der Waals surface area contributed by atoms with E-state index in [9.17, 15) is 14.0 Å². The average molecular weight is 384 g/mol. The van der Waals surface area contributed by atoms with E-state index in [1.807, 2.05) is 11.8 Å². The minimum absolute atomic E-state index is 0.0506. The molecule has 5 nitrogen and oxygen atoms in total. The molecule has 2 aromatic carbocycles. The average Bonchev–Trinajstić information content (AvgIpc) is 2.74. The Morgan fingerprint density at radius 1 is 1.04 bits per heavy atom. The highest BCUT2D eigenvalue weighted by Gasteiger charge is 2.27. The first kappa shape index (κ1) is 19.9. The van der Waals surface area contributed by atoms with Crippen LogP contribution < -0.4 is 4.74 Å². The number of rotatable bonds is 5. The lowest BCUT2D eigenvalue weighted by Gasteiger charge is -2.36. The van der Waals surface area contributed by atoms with Gasteiger partial charge in [0.2, 0.25) is 5.91 Å². The Labute approximate surface area is 164 Å². The van der Waals surface area contributed by atoms with Crippen LogP contribution in [0.15, 0.2) is 48.5 Å². The lowest BCUT2D eigenvalue weighted by atomic mass is 9.99. The van der Waals surface area contributed by atoms with Crippen molar-refractivity contribution in [1.29, 1.82) is 0 Å². The number of carbonyl (C=O) groups excluding carboxylic acids is 2. The molecule has 0 saturated carbocycles. The smallest absolute Gasteiger partial charge is 0.254 e. The minimum atomic E-state index is -0.278. The van der Waals surface area contributed by atoms with Crippen molar-refractivity contribution in [2.75, 3.05) is 33.3 Å². The molecule has 2 amide bonds. The van der Waals surface area contributed by atoms with E-state index < -0.39 is 0 Å². The van der Waals surface area contributed by atoms with Crippen LogP contribution >= 0.6 is 0 Å². The van der Waals surface area contributed by atoms with E-state index in [-0.39, 0.29) is 23.5 Å². The fourth-order valence-corrected chi connectivity index (χ4v) is 3.44. The number of hydrogen-bond acceptors (Lipinski definition) is 3. The number of nitrogens with zero attached hydrogens (tertiary/aromatic N) is 2. The number of ether oxygens (including phenoxy) is 1. The van der Waals surface area contributed by atoms with Crippen LogP contribution in [-0.2, 0) is 11.2 Å². The van der Waals surface area contributed by atoms with Gasteiger partial charge < -0.3 is 14.5 Å². The topological polar surface area (TPSA) is 49.9 Å². The molecular formula is C22H25FN2O3. The third-order valence-corrected chi connectivity index (χ3v) is 5.07. The monoisotopic (exact) mass is 384 g/mol. The molecule has 0 aromatic heterocycles. The molecule has 0 N–H and O–H groups in total. The quantitative estimate of drug-likeness (QED) is 0.796. The van der Waals surface area contributed by atoms with E-state index in [0.717, 1.165) is 5.56 Å². The summed E-state index contributed by atoms with van der Waals surface area (Å²) in [6, 6.07) is 13.3. The molecule has 1 saturated heterocycles. The fraction of sp³-hybridized carbons (Fsp3) is 0.364. The maximum absolute atomic E-state index is 13.0. The number of hydrogen-bond donors (Lipinski definition) is 0. The number of piperazine rings is 1. The molecule has 1 heterocycles. The summed E-state index contributed by atoms with van der Waals surface area (Å²) in [5.74, 6) is 0.197. The highest BCUT2D eigenvalue weighted by atomic mass is 19.1. The molecule has 1 unspecified atom stereocenters. The van der Waals surface area contributed by atoms with E-state index in [0.29, 0.717) is 43.9 Å². The normalized spacial score (nSPS) is 15.2. The summed E-state index contributed by atoms with van der Waals surface area (Å²) in [6.45, 7) is 3.93. The molecule has 0 bridgehead atoms. The molecule has 28 heavy (non-hydrogen) atoms. The Morgan fingerprint density at radius 3 is 2.32 bits per heavy atom. The number of carbonyl (C=O) groups is 2. The standard InChI is InChI=1S/C22H25FN2O3/c1-16(14-17-6-8-19(23)9-7-17)21(26)24-10-12-25(13-11-24)22(27)18-4-3-5-20(15-18)28-2/h3-9,15-16H,10-14H2,1-2H3. The van der Waals surface area contributed by atoms with E-state index in [2.05, 4.69) is 0 Å². The molecule has 0 aliphatic carbocycles. The second-order valence-electron chi connectivity index (χ2n) is 7.08. The second kappa shape index (κ2) is 8.87. The van der Waals surface area contributed by atoms with Gasteiger partial charge in [0.25, 0.3) is 5.91 Å². The van der Waals surface area contributed by atoms with E-state index >= 15 is 0 Å². The molecule has 1 aliphatic rings. The van der Waals surface area contributed by atoms with Crippen molar-refractivity contribution in [3.8, 4) is 5.75 Å². The predicted molar refractivity (Wildman–Crippen MR) is 105 cm³/mol. The largest absolute Gasteiger partial charge is 0.497 e. The van der Waals surface area contributed by atoms with Crippen molar-refractivity contribution in [2.24, 2.45) is 5.92 Å². The van der Waals surface area contributed by atoms with Gasteiger partial charge in [-0.25, -0.2) is 4.39 Å². The molecule has 1 aliphatic heterocycles. The minimum Gasteiger partial charge on any atom is -0.497 e. The molecule has 2 aromatic rings. The van der Waals surface area contributed by atoms with Gasteiger partial charge in [-0.15, -0.1) is 0 Å². The van der Waals surface area contributed by atoms with E-state index in [1.54, 1.807) is 48.4 Å². The summed E-state index contributed by atoms with van der Waals surface area (Å²) in [7, 11) is 1.57. The zero-order valence-electron chi connectivity index (χ0n) is 16.2. The number of amides is 2. The summed E-state index contributed by atoms with van der Waals surface area (Å²) in [6.07, 6.45) is 0.571. The van der Waals surface area contributed by atoms with Crippen LogP contribution in [0.1, 0.15) is 22.8 Å². The Kier molecular flexibility index (Phi) is 6.29. The van der Waals surface area contributed by atoms with Gasteiger partial charge in [-0.1, -0.05) is 25.1 Å². The van der Waals surface area contributed by atoms with Gasteiger partial charge in [0.15, 0.2) is 0 Å².